The van der Waals surface area contributed by atoms with Gasteiger partial charge in [0, 0.05) is 11.8 Å². The number of hydrogen-bond donors (Lipinski definition) is 0. The summed E-state index contributed by atoms with van der Waals surface area (Å²) < 4.78 is 0. The highest BCUT2D eigenvalue weighted by Gasteiger charge is 2.62. The molecule has 4 fully saturated rings. The van der Waals surface area contributed by atoms with Gasteiger partial charge in [-0.25, -0.2) is 0 Å². The standard InChI is InChI=1S/C19H32O/c1-5-14(6-2)7-16(20)19-10-15-8-17(3,12-19)11-18(4,9-15)13-19/h14-15H,5-13H2,1-4H3. The first-order valence-corrected chi connectivity index (χ1v) is 8.85. The Morgan fingerprint density at radius 3 is 2.00 bits per heavy atom. The second-order valence-corrected chi connectivity index (χ2v) is 9.22. The zero-order chi connectivity index (χ0) is 14.6. The van der Waals surface area contributed by atoms with E-state index in [-0.39, 0.29) is 5.41 Å². The van der Waals surface area contributed by atoms with Crippen LogP contribution in [0.5, 0.6) is 0 Å². The van der Waals surface area contributed by atoms with E-state index >= 15 is 0 Å². The van der Waals surface area contributed by atoms with Gasteiger partial charge in [0.05, 0.1) is 0 Å². The Morgan fingerprint density at radius 2 is 1.55 bits per heavy atom. The molecule has 4 saturated carbocycles. The van der Waals surface area contributed by atoms with Crippen molar-refractivity contribution in [1.29, 1.82) is 0 Å². The van der Waals surface area contributed by atoms with Crippen LogP contribution in [0.2, 0.25) is 0 Å². The minimum absolute atomic E-state index is 0.0749. The highest BCUT2D eigenvalue weighted by molar-refractivity contribution is 5.85. The Hall–Kier alpha value is -0.330. The molecule has 2 unspecified atom stereocenters. The molecule has 1 nitrogen and oxygen atoms in total. The van der Waals surface area contributed by atoms with Crippen LogP contribution in [-0.4, -0.2) is 5.78 Å². The molecule has 20 heavy (non-hydrogen) atoms. The van der Waals surface area contributed by atoms with Crippen LogP contribution in [0.15, 0.2) is 0 Å². The molecular weight excluding hydrogens is 244 g/mol. The van der Waals surface area contributed by atoms with E-state index in [1.165, 1.54) is 38.5 Å². The zero-order valence-electron chi connectivity index (χ0n) is 13.9. The van der Waals surface area contributed by atoms with Gasteiger partial charge in [-0.05, 0) is 61.2 Å². The second-order valence-electron chi connectivity index (χ2n) is 9.22. The van der Waals surface area contributed by atoms with Gasteiger partial charge in [-0.1, -0.05) is 40.5 Å². The highest BCUT2D eigenvalue weighted by atomic mass is 16.1. The normalized spacial score (nSPS) is 46.1. The zero-order valence-corrected chi connectivity index (χ0v) is 13.9. The number of Topliss-reactive ketones (excluding diaryl/α,β-unsaturated/α-hetero) is 1. The van der Waals surface area contributed by atoms with Crippen molar-refractivity contribution in [3.63, 3.8) is 0 Å². The van der Waals surface area contributed by atoms with Crippen LogP contribution in [0.1, 0.15) is 85.5 Å². The highest BCUT2D eigenvalue weighted by Crippen LogP contribution is 2.70. The van der Waals surface area contributed by atoms with E-state index in [0.29, 0.717) is 22.5 Å². The van der Waals surface area contributed by atoms with Gasteiger partial charge in [-0.3, -0.25) is 4.79 Å². The Bertz CT molecular complexity index is 388. The fourth-order valence-electron chi connectivity index (χ4n) is 6.81. The molecule has 0 aromatic heterocycles. The molecule has 0 N–H and O–H groups in total. The minimum atomic E-state index is 0.0749. The van der Waals surface area contributed by atoms with Crippen molar-refractivity contribution in [3.8, 4) is 0 Å². The molecule has 4 aliphatic rings. The maximum Gasteiger partial charge on any atom is 0.139 e. The van der Waals surface area contributed by atoms with Crippen molar-refractivity contribution in [2.75, 3.05) is 0 Å². The molecule has 4 aliphatic carbocycles. The molecule has 0 saturated heterocycles. The van der Waals surface area contributed by atoms with Gasteiger partial charge in [-0.15, -0.1) is 0 Å². The monoisotopic (exact) mass is 276 g/mol. The first-order valence-electron chi connectivity index (χ1n) is 8.85. The Balaban J connectivity index is 1.83. The van der Waals surface area contributed by atoms with E-state index in [0.717, 1.165) is 25.2 Å². The molecule has 0 spiro atoms. The lowest BCUT2D eigenvalue weighted by molar-refractivity contribution is -0.169. The summed E-state index contributed by atoms with van der Waals surface area (Å²) in [5.41, 5.74) is 1.01. The molecule has 0 aliphatic heterocycles. The van der Waals surface area contributed by atoms with Crippen LogP contribution in [0.3, 0.4) is 0 Å². The number of carbonyl (C=O) groups excluding carboxylic acids is 1. The van der Waals surface area contributed by atoms with Gasteiger partial charge in [0.2, 0.25) is 0 Å². The maximum atomic E-state index is 13.1. The summed E-state index contributed by atoms with van der Waals surface area (Å²) >= 11 is 0. The molecule has 2 atom stereocenters. The summed E-state index contributed by atoms with van der Waals surface area (Å²) in [5, 5.41) is 0. The summed E-state index contributed by atoms with van der Waals surface area (Å²) in [6.07, 6.45) is 11.0. The Kier molecular flexibility index (Phi) is 3.34. The second kappa shape index (κ2) is 4.58. The van der Waals surface area contributed by atoms with Crippen LogP contribution in [0.4, 0.5) is 0 Å². The van der Waals surface area contributed by atoms with Gasteiger partial charge in [0.15, 0.2) is 0 Å². The molecule has 0 amide bonds. The van der Waals surface area contributed by atoms with Crippen molar-refractivity contribution in [2.24, 2.45) is 28.1 Å². The van der Waals surface area contributed by atoms with Crippen molar-refractivity contribution < 1.29 is 4.79 Å². The van der Waals surface area contributed by atoms with Gasteiger partial charge in [-0.2, -0.15) is 0 Å². The molecule has 1 heteroatoms. The third-order valence-electron chi connectivity index (χ3n) is 6.85. The third-order valence-corrected chi connectivity index (χ3v) is 6.85. The molecule has 0 aromatic carbocycles. The number of rotatable bonds is 5. The van der Waals surface area contributed by atoms with E-state index in [1.54, 1.807) is 0 Å². The van der Waals surface area contributed by atoms with Gasteiger partial charge in [0.1, 0.15) is 5.78 Å². The van der Waals surface area contributed by atoms with Crippen molar-refractivity contribution in [1.82, 2.24) is 0 Å². The molecule has 0 aromatic rings. The predicted molar refractivity (Wildman–Crippen MR) is 83.5 cm³/mol. The quantitative estimate of drug-likeness (QED) is 0.659. The van der Waals surface area contributed by atoms with E-state index in [1.807, 2.05) is 0 Å². The molecule has 114 valence electrons. The summed E-state index contributed by atoms with van der Waals surface area (Å²) in [4.78, 5) is 13.1. The van der Waals surface area contributed by atoms with Crippen LogP contribution >= 0.6 is 0 Å². The van der Waals surface area contributed by atoms with Crippen LogP contribution < -0.4 is 0 Å². The molecule has 4 rings (SSSR count). The van der Waals surface area contributed by atoms with E-state index in [2.05, 4.69) is 27.7 Å². The largest absolute Gasteiger partial charge is 0.299 e. The average molecular weight is 276 g/mol. The van der Waals surface area contributed by atoms with Crippen LogP contribution in [-0.2, 0) is 4.79 Å². The molecule has 4 bridgehead atoms. The minimum Gasteiger partial charge on any atom is -0.299 e. The van der Waals surface area contributed by atoms with Crippen molar-refractivity contribution in [3.05, 3.63) is 0 Å². The first-order chi connectivity index (χ1) is 9.32. The van der Waals surface area contributed by atoms with Crippen LogP contribution in [0, 0.1) is 28.1 Å². The smallest absolute Gasteiger partial charge is 0.139 e. The fourth-order valence-corrected chi connectivity index (χ4v) is 6.81. The lowest BCUT2D eigenvalue weighted by Crippen LogP contribution is -2.57. The third kappa shape index (κ3) is 2.25. The maximum absolute atomic E-state index is 13.1. The summed E-state index contributed by atoms with van der Waals surface area (Å²) in [6, 6.07) is 0. The van der Waals surface area contributed by atoms with Crippen molar-refractivity contribution in [2.45, 2.75) is 85.5 Å². The molecule has 0 heterocycles. The summed E-state index contributed by atoms with van der Waals surface area (Å²) in [5.74, 6) is 2.09. The Morgan fingerprint density at radius 1 is 1.00 bits per heavy atom. The SMILES string of the molecule is CCC(CC)CC(=O)C12CC3CC(C)(CC(C)(C3)C1)C2. The van der Waals surface area contributed by atoms with Gasteiger partial charge in [0.25, 0.3) is 0 Å². The average Bonchev–Trinajstić information content (AvgIpc) is 2.31. The Labute approximate surface area is 124 Å². The van der Waals surface area contributed by atoms with E-state index in [4.69, 9.17) is 0 Å². The lowest BCUT2D eigenvalue weighted by Gasteiger charge is -2.65. The van der Waals surface area contributed by atoms with Gasteiger partial charge >= 0.3 is 0 Å². The fraction of sp³-hybridized carbons (Fsp3) is 0.947. The molecular formula is C19H32O. The van der Waals surface area contributed by atoms with Gasteiger partial charge < -0.3 is 0 Å². The topological polar surface area (TPSA) is 17.1 Å². The predicted octanol–water partition coefficient (Wildman–Crippen LogP) is 5.38. The molecule has 0 radical (unpaired) electrons. The number of ketones is 1. The number of carbonyl (C=O) groups is 1. The summed E-state index contributed by atoms with van der Waals surface area (Å²) in [7, 11) is 0. The van der Waals surface area contributed by atoms with Crippen LogP contribution in [0.25, 0.3) is 0 Å². The lowest BCUT2D eigenvalue weighted by atomic mass is 9.39. The van der Waals surface area contributed by atoms with E-state index < -0.39 is 0 Å². The number of hydrogen-bond acceptors (Lipinski definition) is 1. The first kappa shape index (κ1) is 14.6. The van der Waals surface area contributed by atoms with E-state index in [9.17, 15) is 4.79 Å². The summed E-state index contributed by atoms with van der Waals surface area (Å²) in [6.45, 7) is 9.41. The van der Waals surface area contributed by atoms with Crippen molar-refractivity contribution >= 4 is 5.78 Å².